The molecular formula is C15H17NOS. The lowest BCUT2D eigenvalue weighted by Gasteiger charge is -2.06. The van der Waals surface area contributed by atoms with Crippen molar-refractivity contribution in [3.8, 4) is 0 Å². The van der Waals surface area contributed by atoms with Crippen molar-refractivity contribution in [1.82, 2.24) is 5.32 Å². The topological polar surface area (TPSA) is 29.1 Å². The van der Waals surface area contributed by atoms with E-state index in [4.69, 9.17) is 0 Å². The van der Waals surface area contributed by atoms with Crippen LogP contribution >= 0.6 is 11.8 Å². The third-order valence-corrected chi connectivity index (χ3v) is 3.73. The summed E-state index contributed by atoms with van der Waals surface area (Å²) >= 11 is 1.66. The predicted molar refractivity (Wildman–Crippen MR) is 78.8 cm³/mol. The number of amides is 1. The summed E-state index contributed by atoms with van der Waals surface area (Å²) in [5, 5.41) is 5.35. The van der Waals surface area contributed by atoms with Gasteiger partial charge >= 0.3 is 0 Å². The largest absolute Gasteiger partial charge is 0.356 e. The molecular weight excluding hydrogens is 242 g/mol. The summed E-state index contributed by atoms with van der Waals surface area (Å²) in [5.41, 5.74) is 1.29. The van der Waals surface area contributed by atoms with Crippen LogP contribution in [-0.2, 0) is 10.5 Å². The van der Waals surface area contributed by atoms with E-state index in [0.717, 1.165) is 5.75 Å². The van der Waals surface area contributed by atoms with Crippen LogP contribution in [-0.4, -0.2) is 18.2 Å². The van der Waals surface area contributed by atoms with E-state index in [9.17, 15) is 4.79 Å². The molecule has 1 amide bonds. The Bertz CT molecular complexity index is 534. The third-order valence-electron chi connectivity index (χ3n) is 2.74. The van der Waals surface area contributed by atoms with Crippen LogP contribution < -0.4 is 5.32 Å². The molecule has 2 aromatic carbocycles. The SMILES string of the molecule is CCNC(=O)CSCc1cccc2ccccc12. The number of benzene rings is 2. The van der Waals surface area contributed by atoms with Gasteiger partial charge in [0.2, 0.25) is 5.91 Å². The summed E-state index contributed by atoms with van der Waals surface area (Å²) in [5.74, 6) is 1.51. The number of nitrogens with one attached hydrogen (secondary N) is 1. The van der Waals surface area contributed by atoms with Crippen LogP contribution in [0, 0.1) is 0 Å². The van der Waals surface area contributed by atoms with Crippen molar-refractivity contribution in [3.05, 3.63) is 48.0 Å². The number of carbonyl (C=O) groups excluding carboxylic acids is 1. The molecule has 0 saturated heterocycles. The Hall–Kier alpha value is -1.48. The van der Waals surface area contributed by atoms with Gasteiger partial charge in [-0.15, -0.1) is 11.8 Å². The number of hydrogen-bond acceptors (Lipinski definition) is 2. The van der Waals surface area contributed by atoms with E-state index in [2.05, 4.69) is 41.7 Å². The maximum absolute atomic E-state index is 11.4. The molecule has 0 fully saturated rings. The normalized spacial score (nSPS) is 10.5. The zero-order valence-electron chi connectivity index (χ0n) is 10.5. The van der Waals surface area contributed by atoms with Crippen LogP contribution in [0.4, 0.5) is 0 Å². The Kier molecular flexibility index (Phi) is 4.65. The maximum atomic E-state index is 11.4. The highest BCUT2D eigenvalue weighted by Gasteiger charge is 2.03. The second-order valence-electron chi connectivity index (χ2n) is 4.08. The first-order valence-corrected chi connectivity index (χ1v) is 7.28. The summed E-state index contributed by atoms with van der Waals surface area (Å²) in [6.07, 6.45) is 0. The van der Waals surface area contributed by atoms with Gasteiger partial charge in [0.15, 0.2) is 0 Å². The quantitative estimate of drug-likeness (QED) is 0.893. The first-order valence-electron chi connectivity index (χ1n) is 6.12. The summed E-state index contributed by atoms with van der Waals surface area (Å²) < 4.78 is 0. The smallest absolute Gasteiger partial charge is 0.229 e. The summed E-state index contributed by atoms with van der Waals surface area (Å²) in [7, 11) is 0. The molecule has 94 valence electrons. The predicted octanol–water partition coefficient (Wildman–Crippen LogP) is 3.21. The van der Waals surface area contributed by atoms with E-state index in [-0.39, 0.29) is 5.91 Å². The molecule has 0 atom stereocenters. The molecule has 0 aliphatic carbocycles. The Morgan fingerprint density at radius 1 is 1.17 bits per heavy atom. The Morgan fingerprint density at radius 2 is 1.94 bits per heavy atom. The van der Waals surface area contributed by atoms with Crippen LogP contribution in [0.2, 0.25) is 0 Å². The van der Waals surface area contributed by atoms with Crippen molar-refractivity contribution in [2.75, 3.05) is 12.3 Å². The number of fused-ring (bicyclic) bond motifs is 1. The molecule has 2 rings (SSSR count). The molecule has 0 aliphatic rings. The number of carbonyl (C=O) groups is 1. The van der Waals surface area contributed by atoms with E-state index in [1.54, 1.807) is 11.8 Å². The molecule has 2 nitrogen and oxygen atoms in total. The Balaban J connectivity index is 2.01. The van der Waals surface area contributed by atoms with Crippen LogP contribution in [0.5, 0.6) is 0 Å². The second kappa shape index (κ2) is 6.45. The first kappa shape index (κ1) is 13.0. The number of rotatable bonds is 5. The van der Waals surface area contributed by atoms with Gasteiger partial charge in [-0.05, 0) is 23.3 Å². The molecule has 0 aliphatic heterocycles. The van der Waals surface area contributed by atoms with Gasteiger partial charge in [0, 0.05) is 12.3 Å². The highest BCUT2D eigenvalue weighted by atomic mass is 32.2. The summed E-state index contributed by atoms with van der Waals surface area (Å²) in [6, 6.07) is 14.7. The lowest BCUT2D eigenvalue weighted by molar-refractivity contribution is -0.118. The number of hydrogen-bond donors (Lipinski definition) is 1. The summed E-state index contributed by atoms with van der Waals surface area (Å²) in [6.45, 7) is 2.64. The number of thioether (sulfide) groups is 1. The van der Waals surface area contributed by atoms with Gasteiger partial charge in [-0.1, -0.05) is 42.5 Å². The van der Waals surface area contributed by atoms with Gasteiger partial charge in [0.25, 0.3) is 0 Å². The molecule has 0 unspecified atom stereocenters. The minimum atomic E-state index is 0.114. The minimum Gasteiger partial charge on any atom is -0.356 e. The molecule has 0 bridgehead atoms. The first-order chi connectivity index (χ1) is 8.81. The molecule has 3 heteroatoms. The standard InChI is InChI=1S/C15H17NOS/c1-2-16-15(17)11-18-10-13-8-5-7-12-6-3-4-9-14(12)13/h3-9H,2,10-11H2,1H3,(H,16,17). The van der Waals surface area contributed by atoms with Crippen molar-refractivity contribution >= 4 is 28.4 Å². The zero-order chi connectivity index (χ0) is 12.8. The van der Waals surface area contributed by atoms with E-state index >= 15 is 0 Å². The zero-order valence-corrected chi connectivity index (χ0v) is 11.3. The highest BCUT2D eigenvalue weighted by Crippen LogP contribution is 2.22. The van der Waals surface area contributed by atoms with Crippen molar-refractivity contribution in [2.45, 2.75) is 12.7 Å². The molecule has 18 heavy (non-hydrogen) atoms. The minimum absolute atomic E-state index is 0.114. The maximum Gasteiger partial charge on any atom is 0.229 e. The van der Waals surface area contributed by atoms with Crippen molar-refractivity contribution in [3.63, 3.8) is 0 Å². The molecule has 0 radical (unpaired) electrons. The van der Waals surface area contributed by atoms with Gasteiger partial charge in [-0.25, -0.2) is 0 Å². The second-order valence-corrected chi connectivity index (χ2v) is 5.07. The average Bonchev–Trinajstić information content (AvgIpc) is 2.39. The molecule has 0 spiro atoms. The molecule has 0 aromatic heterocycles. The fourth-order valence-corrected chi connectivity index (χ4v) is 2.78. The third kappa shape index (κ3) is 3.26. The fraction of sp³-hybridized carbons (Fsp3) is 0.267. The van der Waals surface area contributed by atoms with E-state index in [1.165, 1.54) is 16.3 Å². The molecule has 1 N–H and O–H groups in total. The fourth-order valence-electron chi connectivity index (χ4n) is 1.92. The average molecular weight is 259 g/mol. The van der Waals surface area contributed by atoms with Crippen molar-refractivity contribution < 1.29 is 4.79 Å². The highest BCUT2D eigenvalue weighted by molar-refractivity contribution is 7.99. The van der Waals surface area contributed by atoms with Gasteiger partial charge in [-0.2, -0.15) is 0 Å². The molecule has 0 saturated carbocycles. The van der Waals surface area contributed by atoms with Crippen molar-refractivity contribution in [1.29, 1.82) is 0 Å². The Labute approximate surface area is 112 Å². The van der Waals surface area contributed by atoms with Crippen LogP contribution in [0.1, 0.15) is 12.5 Å². The summed E-state index contributed by atoms with van der Waals surface area (Å²) in [4.78, 5) is 11.4. The molecule has 0 heterocycles. The molecule has 2 aromatic rings. The van der Waals surface area contributed by atoms with Gasteiger partial charge in [0.1, 0.15) is 0 Å². The van der Waals surface area contributed by atoms with Crippen LogP contribution in [0.25, 0.3) is 10.8 Å². The lowest BCUT2D eigenvalue weighted by Crippen LogP contribution is -2.24. The lowest BCUT2D eigenvalue weighted by atomic mass is 10.1. The van der Waals surface area contributed by atoms with Crippen LogP contribution in [0.15, 0.2) is 42.5 Å². The van der Waals surface area contributed by atoms with Gasteiger partial charge < -0.3 is 5.32 Å². The van der Waals surface area contributed by atoms with E-state index in [0.29, 0.717) is 12.3 Å². The van der Waals surface area contributed by atoms with Crippen LogP contribution in [0.3, 0.4) is 0 Å². The Morgan fingerprint density at radius 3 is 2.78 bits per heavy atom. The van der Waals surface area contributed by atoms with Gasteiger partial charge in [0.05, 0.1) is 5.75 Å². The van der Waals surface area contributed by atoms with Crippen molar-refractivity contribution in [2.24, 2.45) is 0 Å². The van der Waals surface area contributed by atoms with E-state index < -0.39 is 0 Å². The van der Waals surface area contributed by atoms with E-state index in [1.807, 2.05) is 13.0 Å². The van der Waals surface area contributed by atoms with Gasteiger partial charge in [-0.3, -0.25) is 4.79 Å². The monoisotopic (exact) mass is 259 g/mol.